The van der Waals surface area contributed by atoms with Gasteiger partial charge in [0, 0.05) is 0 Å². The minimum absolute atomic E-state index is 0.220. The summed E-state index contributed by atoms with van der Waals surface area (Å²) in [6.45, 7) is 2.57. The highest BCUT2D eigenvalue weighted by molar-refractivity contribution is 8.18. The molecule has 1 heterocycles. The van der Waals surface area contributed by atoms with Gasteiger partial charge >= 0.3 is 5.97 Å². The molecule has 36 heavy (non-hydrogen) atoms. The molecule has 0 atom stereocenters. The van der Waals surface area contributed by atoms with Crippen molar-refractivity contribution >= 4 is 40.6 Å². The fourth-order valence-corrected chi connectivity index (χ4v) is 4.15. The molecule has 4 rings (SSSR count). The Bertz CT molecular complexity index is 1320. The SMILES string of the molecule is CCOc1cc(/C=C2/SC(=Nc3ccc(OC)cc3)NC2=O)ccc1OCc1ccc(C(=O)O)cc1. The maximum Gasteiger partial charge on any atom is 0.335 e. The number of carbonyl (C=O) groups excluding carboxylic acids is 1. The van der Waals surface area contributed by atoms with Crippen molar-refractivity contribution in [3.8, 4) is 17.2 Å². The standard InChI is InChI=1S/C27H24N2O6S/c1-3-34-23-14-18(6-13-22(23)35-16-17-4-7-19(8-5-17)26(31)32)15-24-25(30)29-27(36-24)28-20-9-11-21(33-2)12-10-20/h4-15H,3,16H2,1-2H3,(H,31,32)(H,28,29,30)/b24-15+. The van der Waals surface area contributed by atoms with Gasteiger partial charge in [-0.3, -0.25) is 4.79 Å². The van der Waals surface area contributed by atoms with Crippen molar-refractivity contribution in [2.24, 2.45) is 4.99 Å². The normalized spacial score (nSPS) is 15.1. The molecule has 0 aliphatic carbocycles. The summed E-state index contributed by atoms with van der Waals surface area (Å²) in [5, 5.41) is 12.3. The number of amidine groups is 1. The van der Waals surface area contributed by atoms with E-state index >= 15 is 0 Å². The Labute approximate surface area is 212 Å². The Balaban J connectivity index is 1.47. The van der Waals surface area contributed by atoms with Crippen LogP contribution >= 0.6 is 11.8 Å². The number of benzene rings is 3. The van der Waals surface area contributed by atoms with Crippen LogP contribution in [0.3, 0.4) is 0 Å². The third-order valence-electron chi connectivity index (χ3n) is 5.11. The summed E-state index contributed by atoms with van der Waals surface area (Å²) < 4.78 is 16.8. The maximum absolute atomic E-state index is 12.5. The lowest BCUT2D eigenvalue weighted by atomic mass is 10.1. The number of methoxy groups -OCH3 is 1. The molecule has 2 N–H and O–H groups in total. The zero-order valence-corrected chi connectivity index (χ0v) is 20.5. The summed E-state index contributed by atoms with van der Waals surface area (Å²) in [6, 6.07) is 19.2. The van der Waals surface area contributed by atoms with E-state index in [1.165, 1.54) is 23.9 Å². The number of aromatic carboxylic acids is 1. The van der Waals surface area contributed by atoms with E-state index in [-0.39, 0.29) is 18.1 Å². The number of hydrogen-bond donors (Lipinski definition) is 2. The second kappa shape index (κ2) is 11.5. The smallest absolute Gasteiger partial charge is 0.335 e. The minimum atomic E-state index is -0.973. The first kappa shape index (κ1) is 24.9. The number of nitrogens with one attached hydrogen (secondary N) is 1. The molecule has 0 aromatic heterocycles. The van der Waals surface area contributed by atoms with Crippen LogP contribution in [0.1, 0.15) is 28.4 Å². The number of carboxylic acids is 1. The van der Waals surface area contributed by atoms with Gasteiger partial charge in [-0.2, -0.15) is 0 Å². The van der Waals surface area contributed by atoms with Gasteiger partial charge in [-0.05, 0) is 84.4 Å². The number of nitrogens with zero attached hydrogens (tertiary/aromatic N) is 1. The van der Waals surface area contributed by atoms with Gasteiger partial charge in [-0.1, -0.05) is 18.2 Å². The first-order valence-corrected chi connectivity index (χ1v) is 11.9. The van der Waals surface area contributed by atoms with Gasteiger partial charge in [0.05, 0.1) is 29.9 Å². The fourth-order valence-electron chi connectivity index (χ4n) is 3.31. The zero-order chi connectivity index (χ0) is 25.5. The number of carboxylic acid groups (broad SMARTS) is 1. The van der Waals surface area contributed by atoms with Crippen LogP contribution in [0.15, 0.2) is 76.6 Å². The predicted molar refractivity (Wildman–Crippen MR) is 139 cm³/mol. The van der Waals surface area contributed by atoms with E-state index in [2.05, 4.69) is 10.3 Å². The van der Waals surface area contributed by atoms with E-state index < -0.39 is 5.97 Å². The third-order valence-corrected chi connectivity index (χ3v) is 6.02. The van der Waals surface area contributed by atoms with Crippen molar-refractivity contribution in [2.75, 3.05) is 13.7 Å². The van der Waals surface area contributed by atoms with Crippen LogP contribution in [0, 0.1) is 0 Å². The Kier molecular flexibility index (Phi) is 7.92. The van der Waals surface area contributed by atoms with Gasteiger partial charge in [0.25, 0.3) is 5.91 Å². The summed E-state index contributed by atoms with van der Waals surface area (Å²) in [5.41, 5.74) is 2.53. The predicted octanol–water partition coefficient (Wildman–Crippen LogP) is 5.26. The van der Waals surface area contributed by atoms with Crippen LogP contribution in [-0.2, 0) is 11.4 Å². The van der Waals surface area contributed by atoms with E-state index in [1.54, 1.807) is 31.4 Å². The topological polar surface area (TPSA) is 106 Å². The average molecular weight is 505 g/mol. The highest BCUT2D eigenvalue weighted by Crippen LogP contribution is 2.33. The average Bonchev–Trinajstić information content (AvgIpc) is 3.22. The van der Waals surface area contributed by atoms with E-state index in [9.17, 15) is 9.59 Å². The number of amides is 1. The van der Waals surface area contributed by atoms with Gasteiger partial charge in [-0.15, -0.1) is 0 Å². The molecule has 1 fully saturated rings. The molecule has 0 bridgehead atoms. The van der Waals surface area contributed by atoms with Crippen LogP contribution in [0.5, 0.6) is 17.2 Å². The lowest BCUT2D eigenvalue weighted by Gasteiger charge is -2.13. The van der Waals surface area contributed by atoms with Crippen LogP contribution in [0.4, 0.5) is 5.69 Å². The molecule has 3 aromatic rings. The van der Waals surface area contributed by atoms with E-state index in [0.29, 0.717) is 33.9 Å². The molecule has 0 unspecified atom stereocenters. The van der Waals surface area contributed by atoms with Crippen LogP contribution in [0.25, 0.3) is 6.08 Å². The first-order valence-electron chi connectivity index (χ1n) is 11.1. The second-order valence-electron chi connectivity index (χ2n) is 7.61. The van der Waals surface area contributed by atoms with Gasteiger partial charge in [0.15, 0.2) is 16.7 Å². The molecular formula is C27H24N2O6S. The fraction of sp³-hybridized carbons (Fsp3) is 0.148. The summed E-state index contributed by atoms with van der Waals surface area (Å²) in [7, 11) is 1.60. The quantitative estimate of drug-likeness (QED) is 0.383. The van der Waals surface area contributed by atoms with Crippen molar-refractivity contribution in [3.63, 3.8) is 0 Å². The lowest BCUT2D eigenvalue weighted by Crippen LogP contribution is -2.19. The van der Waals surface area contributed by atoms with Crippen molar-refractivity contribution in [2.45, 2.75) is 13.5 Å². The van der Waals surface area contributed by atoms with Crippen LogP contribution in [0.2, 0.25) is 0 Å². The second-order valence-corrected chi connectivity index (χ2v) is 8.64. The molecular weight excluding hydrogens is 480 g/mol. The van der Waals surface area contributed by atoms with Gasteiger partial charge in [0.2, 0.25) is 0 Å². The van der Waals surface area contributed by atoms with Gasteiger partial charge in [0.1, 0.15) is 12.4 Å². The summed E-state index contributed by atoms with van der Waals surface area (Å²) in [6.07, 6.45) is 1.77. The Hall–Kier alpha value is -4.24. The molecule has 0 saturated carbocycles. The highest BCUT2D eigenvalue weighted by atomic mass is 32.2. The van der Waals surface area contributed by atoms with Crippen molar-refractivity contribution in [3.05, 3.63) is 88.3 Å². The van der Waals surface area contributed by atoms with Crippen molar-refractivity contribution in [1.29, 1.82) is 0 Å². The highest BCUT2D eigenvalue weighted by Gasteiger charge is 2.24. The molecule has 1 amide bonds. The molecule has 1 saturated heterocycles. The van der Waals surface area contributed by atoms with E-state index in [1.807, 2.05) is 43.3 Å². The number of carbonyl (C=O) groups is 2. The number of hydrogen-bond acceptors (Lipinski definition) is 7. The molecule has 184 valence electrons. The molecule has 0 spiro atoms. The Morgan fingerprint density at radius 1 is 1.03 bits per heavy atom. The molecule has 8 nitrogen and oxygen atoms in total. The number of rotatable bonds is 9. The third kappa shape index (κ3) is 6.25. The van der Waals surface area contributed by atoms with Crippen LogP contribution in [-0.4, -0.2) is 35.9 Å². The largest absolute Gasteiger partial charge is 0.497 e. The molecule has 1 aliphatic rings. The maximum atomic E-state index is 12.5. The molecule has 3 aromatic carbocycles. The first-order chi connectivity index (χ1) is 17.4. The summed E-state index contributed by atoms with van der Waals surface area (Å²) in [5.74, 6) is 0.627. The van der Waals surface area contributed by atoms with E-state index in [0.717, 1.165) is 16.9 Å². The van der Waals surface area contributed by atoms with Crippen molar-refractivity contribution in [1.82, 2.24) is 5.32 Å². The van der Waals surface area contributed by atoms with Crippen molar-refractivity contribution < 1.29 is 28.9 Å². The Morgan fingerprint density at radius 2 is 1.78 bits per heavy atom. The number of aliphatic imine (C=N–C) groups is 1. The lowest BCUT2D eigenvalue weighted by molar-refractivity contribution is -0.115. The summed E-state index contributed by atoms with van der Waals surface area (Å²) >= 11 is 1.26. The zero-order valence-electron chi connectivity index (χ0n) is 19.7. The molecule has 1 aliphatic heterocycles. The number of thioether (sulfide) groups is 1. The van der Waals surface area contributed by atoms with Gasteiger partial charge in [-0.25, -0.2) is 9.79 Å². The van der Waals surface area contributed by atoms with Gasteiger partial charge < -0.3 is 24.6 Å². The molecule has 0 radical (unpaired) electrons. The number of ether oxygens (including phenoxy) is 3. The summed E-state index contributed by atoms with van der Waals surface area (Å²) in [4.78, 5) is 28.5. The van der Waals surface area contributed by atoms with Crippen LogP contribution < -0.4 is 19.5 Å². The monoisotopic (exact) mass is 504 g/mol. The minimum Gasteiger partial charge on any atom is -0.497 e. The Morgan fingerprint density at radius 3 is 2.44 bits per heavy atom. The van der Waals surface area contributed by atoms with E-state index in [4.69, 9.17) is 19.3 Å². The molecule has 9 heteroatoms.